The van der Waals surface area contributed by atoms with Crippen LogP contribution in [0, 0.1) is 17.5 Å². The maximum absolute atomic E-state index is 13.6. The first-order valence-electron chi connectivity index (χ1n) is 7.22. The number of fused-ring (bicyclic) bond motifs is 1. The molecule has 6 heteroatoms. The van der Waals surface area contributed by atoms with E-state index in [9.17, 15) is 18.0 Å². The van der Waals surface area contributed by atoms with Gasteiger partial charge in [0.15, 0.2) is 5.43 Å². The second-order valence-corrected chi connectivity index (χ2v) is 6.96. The molecule has 0 saturated heterocycles. The molecular weight excluding hydrogens is 383 g/mol. The third kappa shape index (κ3) is 2.75. The Morgan fingerprint density at radius 3 is 2.21 bits per heavy atom. The van der Waals surface area contributed by atoms with Crippen molar-refractivity contribution >= 4 is 26.8 Å². The molecule has 1 atom stereocenters. The maximum atomic E-state index is 13.6. The van der Waals surface area contributed by atoms with E-state index in [1.807, 2.05) is 6.92 Å². The highest BCUT2D eigenvalue weighted by atomic mass is 79.9. The number of aromatic nitrogens is 1. The summed E-state index contributed by atoms with van der Waals surface area (Å²) in [5.74, 6) is -2.10. The third-order valence-electron chi connectivity index (χ3n) is 3.94. The molecule has 0 bridgehead atoms. The molecule has 2 nitrogen and oxygen atoms in total. The molecule has 0 radical (unpaired) electrons. The minimum absolute atomic E-state index is 0.126. The molecule has 1 unspecified atom stereocenters. The van der Waals surface area contributed by atoms with Crippen molar-refractivity contribution in [3.63, 3.8) is 0 Å². The van der Waals surface area contributed by atoms with E-state index in [4.69, 9.17) is 0 Å². The summed E-state index contributed by atoms with van der Waals surface area (Å²) in [4.78, 5) is 12.7. The van der Waals surface area contributed by atoms with Crippen molar-refractivity contribution in [2.24, 2.45) is 7.05 Å². The summed E-state index contributed by atoms with van der Waals surface area (Å²) in [6, 6.07) is 6.87. The van der Waals surface area contributed by atoms with Gasteiger partial charge < -0.3 is 4.57 Å². The van der Waals surface area contributed by atoms with E-state index in [2.05, 4.69) is 15.9 Å². The minimum atomic E-state index is -0.778. The number of aryl methyl sites for hydroxylation is 1. The Morgan fingerprint density at radius 2 is 1.62 bits per heavy atom. The van der Waals surface area contributed by atoms with Crippen LogP contribution in [0.1, 0.15) is 17.4 Å². The normalized spacial score (nSPS) is 12.6. The molecule has 0 aliphatic carbocycles. The molecule has 0 saturated carbocycles. The molecule has 0 aliphatic rings. The Hall–Kier alpha value is -2.08. The Labute approximate surface area is 144 Å². The number of hydrogen-bond acceptors (Lipinski definition) is 1. The standard InChI is InChI=1S/C18H13BrF3NO/c1-9(19)17-16(10-5-12(21)7-13(22)6-10)18(24)14-8-11(20)3-4-15(14)23(17)2/h3-9H,1-2H3. The van der Waals surface area contributed by atoms with Crippen molar-refractivity contribution in [1.29, 1.82) is 0 Å². The van der Waals surface area contributed by atoms with Crippen molar-refractivity contribution in [3.8, 4) is 11.1 Å². The van der Waals surface area contributed by atoms with Gasteiger partial charge in [0, 0.05) is 24.2 Å². The molecule has 2 aromatic carbocycles. The molecule has 1 aromatic heterocycles. The zero-order valence-electron chi connectivity index (χ0n) is 12.9. The van der Waals surface area contributed by atoms with Crippen LogP contribution in [0.4, 0.5) is 13.2 Å². The van der Waals surface area contributed by atoms with Gasteiger partial charge in [0.2, 0.25) is 0 Å². The van der Waals surface area contributed by atoms with Crippen molar-refractivity contribution in [2.45, 2.75) is 11.8 Å². The lowest BCUT2D eigenvalue weighted by molar-refractivity contribution is 0.584. The number of alkyl halides is 1. The van der Waals surface area contributed by atoms with Crippen LogP contribution in [-0.2, 0) is 7.05 Å². The van der Waals surface area contributed by atoms with E-state index in [1.165, 1.54) is 12.1 Å². The van der Waals surface area contributed by atoms with Gasteiger partial charge in [-0.3, -0.25) is 4.79 Å². The maximum Gasteiger partial charge on any atom is 0.197 e. The first-order valence-corrected chi connectivity index (χ1v) is 8.14. The lowest BCUT2D eigenvalue weighted by Crippen LogP contribution is -2.17. The Morgan fingerprint density at radius 1 is 1.00 bits per heavy atom. The molecule has 0 spiro atoms. The summed E-state index contributed by atoms with van der Waals surface area (Å²) in [5, 5.41) is 0.161. The summed E-state index contributed by atoms with van der Waals surface area (Å²) >= 11 is 3.43. The van der Waals surface area contributed by atoms with Gasteiger partial charge in [-0.25, -0.2) is 13.2 Å². The fraction of sp³-hybridized carbons (Fsp3) is 0.167. The summed E-state index contributed by atoms with van der Waals surface area (Å²) in [5.41, 5.74) is 0.917. The van der Waals surface area contributed by atoms with Gasteiger partial charge in [0.25, 0.3) is 0 Å². The topological polar surface area (TPSA) is 22.0 Å². The van der Waals surface area contributed by atoms with Gasteiger partial charge in [-0.2, -0.15) is 0 Å². The lowest BCUT2D eigenvalue weighted by atomic mass is 9.98. The van der Waals surface area contributed by atoms with Crippen molar-refractivity contribution in [1.82, 2.24) is 4.57 Å². The van der Waals surface area contributed by atoms with E-state index >= 15 is 0 Å². The van der Waals surface area contributed by atoms with E-state index in [1.54, 1.807) is 11.6 Å². The highest BCUT2D eigenvalue weighted by molar-refractivity contribution is 9.09. The number of nitrogens with zero attached hydrogens (tertiary/aromatic N) is 1. The van der Waals surface area contributed by atoms with Gasteiger partial charge in [-0.05, 0) is 42.8 Å². The average molecular weight is 396 g/mol. The van der Waals surface area contributed by atoms with E-state index in [0.29, 0.717) is 11.2 Å². The molecule has 124 valence electrons. The van der Waals surface area contributed by atoms with Gasteiger partial charge >= 0.3 is 0 Å². The predicted octanol–water partition coefficient (Wildman–Crippen LogP) is 5.08. The third-order valence-corrected chi connectivity index (χ3v) is 4.37. The summed E-state index contributed by atoms with van der Waals surface area (Å²) in [6.45, 7) is 1.81. The first kappa shape index (κ1) is 16.8. The van der Waals surface area contributed by atoms with Crippen LogP contribution in [-0.4, -0.2) is 4.57 Å². The first-order chi connectivity index (χ1) is 11.3. The molecule has 24 heavy (non-hydrogen) atoms. The van der Waals surface area contributed by atoms with Crippen LogP contribution >= 0.6 is 15.9 Å². The second-order valence-electron chi connectivity index (χ2n) is 5.58. The van der Waals surface area contributed by atoms with Crippen molar-refractivity contribution < 1.29 is 13.2 Å². The molecule has 0 fully saturated rings. The van der Waals surface area contributed by atoms with Crippen LogP contribution in [0.2, 0.25) is 0 Å². The van der Waals surface area contributed by atoms with Crippen molar-refractivity contribution in [3.05, 3.63) is 69.8 Å². The van der Waals surface area contributed by atoms with Crippen LogP contribution in [0.3, 0.4) is 0 Å². The summed E-state index contributed by atoms with van der Waals surface area (Å²) in [7, 11) is 1.73. The molecule has 0 amide bonds. The second kappa shape index (κ2) is 6.09. The molecule has 3 aromatic rings. The number of benzene rings is 2. The molecule has 1 heterocycles. The molecule has 0 aliphatic heterocycles. The fourth-order valence-corrected chi connectivity index (χ4v) is 3.51. The highest BCUT2D eigenvalue weighted by Gasteiger charge is 2.21. The Kier molecular flexibility index (Phi) is 4.25. The number of rotatable bonds is 2. The molecule has 0 N–H and O–H groups in total. The van der Waals surface area contributed by atoms with Crippen LogP contribution in [0.25, 0.3) is 22.0 Å². The van der Waals surface area contributed by atoms with Gasteiger partial charge in [-0.1, -0.05) is 15.9 Å². The van der Waals surface area contributed by atoms with Crippen LogP contribution in [0.5, 0.6) is 0 Å². The SMILES string of the molecule is CC(Br)c1c(-c2cc(F)cc(F)c2)c(=O)c2cc(F)ccc2n1C. The van der Waals surface area contributed by atoms with E-state index in [-0.39, 0.29) is 21.3 Å². The van der Waals surface area contributed by atoms with Gasteiger partial charge in [0.1, 0.15) is 17.5 Å². The Balaban J connectivity index is 2.52. The van der Waals surface area contributed by atoms with Gasteiger partial charge in [0.05, 0.1) is 15.9 Å². The number of pyridine rings is 1. The average Bonchev–Trinajstić information content (AvgIpc) is 2.49. The minimum Gasteiger partial charge on any atom is -0.346 e. The predicted molar refractivity (Wildman–Crippen MR) is 91.8 cm³/mol. The zero-order valence-corrected chi connectivity index (χ0v) is 14.5. The Bertz CT molecular complexity index is 991. The monoisotopic (exact) mass is 395 g/mol. The number of halogens is 4. The van der Waals surface area contributed by atoms with Gasteiger partial charge in [-0.15, -0.1) is 0 Å². The largest absolute Gasteiger partial charge is 0.346 e. The molecule has 3 rings (SSSR count). The van der Waals surface area contributed by atoms with Crippen LogP contribution < -0.4 is 5.43 Å². The van der Waals surface area contributed by atoms with E-state index < -0.39 is 22.9 Å². The summed E-state index contributed by atoms with van der Waals surface area (Å²) < 4.78 is 42.6. The fourth-order valence-electron chi connectivity index (χ4n) is 2.97. The quantitative estimate of drug-likeness (QED) is 0.554. The van der Waals surface area contributed by atoms with E-state index in [0.717, 1.165) is 24.3 Å². The summed E-state index contributed by atoms with van der Waals surface area (Å²) in [6.07, 6.45) is 0. The number of hydrogen-bond donors (Lipinski definition) is 0. The lowest BCUT2D eigenvalue weighted by Gasteiger charge is -2.19. The molecular formula is C18H13BrF3NO. The van der Waals surface area contributed by atoms with Crippen LogP contribution in [0.15, 0.2) is 41.2 Å². The zero-order chi connectivity index (χ0) is 17.6. The smallest absolute Gasteiger partial charge is 0.197 e. The highest BCUT2D eigenvalue weighted by Crippen LogP contribution is 2.33. The van der Waals surface area contributed by atoms with Crippen molar-refractivity contribution in [2.75, 3.05) is 0 Å².